The number of rotatable bonds is 6. The molecule has 1 amide bonds. The molecule has 152 valence electrons. The molecule has 28 heavy (non-hydrogen) atoms. The van der Waals surface area contributed by atoms with Gasteiger partial charge in [0.2, 0.25) is 5.91 Å². The van der Waals surface area contributed by atoms with Gasteiger partial charge in [0, 0.05) is 17.9 Å². The van der Waals surface area contributed by atoms with Gasteiger partial charge in [0.05, 0.1) is 23.2 Å². The predicted octanol–water partition coefficient (Wildman–Crippen LogP) is 3.50. The van der Waals surface area contributed by atoms with Crippen molar-refractivity contribution in [2.45, 2.75) is 57.9 Å². The zero-order valence-electron chi connectivity index (χ0n) is 16.8. The number of amides is 1. The summed E-state index contributed by atoms with van der Waals surface area (Å²) in [6.45, 7) is 6.16. The van der Waals surface area contributed by atoms with Crippen molar-refractivity contribution in [1.82, 2.24) is 9.78 Å². The van der Waals surface area contributed by atoms with Crippen molar-refractivity contribution in [2.24, 2.45) is 0 Å². The normalized spacial score (nSPS) is 18.9. The topological polar surface area (TPSA) is 81.1 Å². The highest BCUT2D eigenvalue weighted by molar-refractivity contribution is 7.91. The Labute approximate surface area is 167 Å². The maximum atomic E-state index is 12.5. The van der Waals surface area contributed by atoms with Crippen LogP contribution in [0.25, 0.3) is 0 Å². The van der Waals surface area contributed by atoms with Crippen molar-refractivity contribution in [3.05, 3.63) is 47.7 Å². The summed E-state index contributed by atoms with van der Waals surface area (Å²) < 4.78 is 25.5. The molecule has 1 fully saturated rings. The molecule has 1 aromatic heterocycles. The minimum Gasteiger partial charge on any atom is -0.311 e. The molecule has 1 aliphatic heterocycles. The fraction of sp³-hybridized carbons (Fsp3) is 0.524. The lowest BCUT2D eigenvalue weighted by molar-refractivity contribution is -0.116. The Bertz CT molecular complexity index is 928. The number of anilines is 1. The summed E-state index contributed by atoms with van der Waals surface area (Å²) in [7, 11) is -3.03. The minimum absolute atomic E-state index is 0.0709. The van der Waals surface area contributed by atoms with Crippen LogP contribution >= 0.6 is 0 Å². The quantitative estimate of drug-likeness (QED) is 0.800. The Balaban J connectivity index is 1.69. The van der Waals surface area contributed by atoms with Crippen molar-refractivity contribution >= 4 is 21.6 Å². The van der Waals surface area contributed by atoms with Crippen LogP contribution in [0.5, 0.6) is 0 Å². The molecule has 1 saturated heterocycles. The van der Waals surface area contributed by atoms with Gasteiger partial charge in [-0.3, -0.25) is 4.79 Å². The Morgan fingerprint density at radius 1 is 1.25 bits per heavy atom. The average molecular weight is 404 g/mol. The number of nitrogens with one attached hydrogen (secondary N) is 1. The number of carbonyl (C=O) groups excluding carboxylic acids is 1. The van der Waals surface area contributed by atoms with E-state index in [0.29, 0.717) is 18.7 Å². The minimum atomic E-state index is -3.03. The smallest absolute Gasteiger partial charge is 0.225 e. The summed E-state index contributed by atoms with van der Waals surface area (Å²) in [4.78, 5) is 12.5. The second-order valence-corrected chi connectivity index (χ2v) is 10.8. The zero-order valence-corrected chi connectivity index (χ0v) is 17.6. The molecular formula is C21H29N3O3S. The standard InChI is InChI=1S/C21H29N3O3S/c1-21(2,3)18-14-19(24(23-18)17-12-13-28(26,27)15-17)22-20(25)11-7-10-16-8-5-4-6-9-16/h4-6,8-9,14,17H,7,10-13,15H2,1-3H3,(H,22,25). The molecule has 7 heteroatoms. The number of carbonyl (C=O) groups is 1. The van der Waals surface area contributed by atoms with E-state index in [0.717, 1.165) is 18.5 Å². The Kier molecular flexibility index (Phi) is 5.93. The van der Waals surface area contributed by atoms with E-state index in [2.05, 4.69) is 43.3 Å². The molecule has 2 heterocycles. The predicted molar refractivity (Wildman–Crippen MR) is 111 cm³/mol. The molecule has 2 aromatic rings. The first kappa shape index (κ1) is 20.6. The van der Waals surface area contributed by atoms with E-state index in [1.165, 1.54) is 5.56 Å². The zero-order chi connectivity index (χ0) is 20.4. The van der Waals surface area contributed by atoms with E-state index >= 15 is 0 Å². The van der Waals surface area contributed by atoms with Crippen LogP contribution in [-0.2, 0) is 26.5 Å². The lowest BCUT2D eigenvalue weighted by Gasteiger charge is -2.15. The third-order valence-corrected chi connectivity index (χ3v) is 6.79. The van der Waals surface area contributed by atoms with Crippen LogP contribution in [0.3, 0.4) is 0 Å². The van der Waals surface area contributed by atoms with Crippen LogP contribution < -0.4 is 5.32 Å². The van der Waals surface area contributed by atoms with Crippen molar-refractivity contribution < 1.29 is 13.2 Å². The second-order valence-electron chi connectivity index (χ2n) is 8.55. The van der Waals surface area contributed by atoms with Gasteiger partial charge in [-0.15, -0.1) is 0 Å². The molecule has 0 spiro atoms. The highest BCUT2D eigenvalue weighted by Gasteiger charge is 2.32. The number of nitrogens with zero attached hydrogens (tertiary/aromatic N) is 2. The molecule has 0 bridgehead atoms. The molecule has 0 aliphatic carbocycles. The molecule has 6 nitrogen and oxygen atoms in total. The third-order valence-electron chi connectivity index (χ3n) is 5.04. The summed E-state index contributed by atoms with van der Waals surface area (Å²) in [6.07, 6.45) is 2.55. The van der Waals surface area contributed by atoms with Gasteiger partial charge < -0.3 is 5.32 Å². The summed E-state index contributed by atoms with van der Waals surface area (Å²) in [5, 5.41) is 7.61. The van der Waals surface area contributed by atoms with Crippen LogP contribution in [0.1, 0.15) is 57.3 Å². The third kappa shape index (κ3) is 5.22. The summed E-state index contributed by atoms with van der Waals surface area (Å²) in [6, 6.07) is 11.7. The van der Waals surface area contributed by atoms with Crippen molar-refractivity contribution in [3.63, 3.8) is 0 Å². The number of benzene rings is 1. The van der Waals surface area contributed by atoms with Crippen LogP contribution in [0.15, 0.2) is 36.4 Å². The monoisotopic (exact) mass is 403 g/mol. The van der Waals surface area contributed by atoms with E-state index in [1.54, 1.807) is 4.68 Å². The van der Waals surface area contributed by atoms with Crippen molar-refractivity contribution in [3.8, 4) is 0 Å². The molecule has 3 rings (SSSR count). The van der Waals surface area contributed by atoms with Gasteiger partial charge in [-0.25, -0.2) is 13.1 Å². The molecular weight excluding hydrogens is 374 g/mol. The first-order valence-corrected chi connectivity index (χ1v) is 11.6. The lowest BCUT2D eigenvalue weighted by atomic mass is 9.92. The van der Waals surface area contributed by atoms with E-state index in [1.807, 2.05) is 24.3 Å². The number of hydrogen-bond donors (Lipinski definition) is 1. The highest BCUT2D eigenvalue weighted by atomic mass is 32.2. The van der Waals surface area contributed by atoms with E-state index < -0.39 is 9.84 Å². The fourth-order valence-electron chi connectivity index (χ4n) is 3.40. The highest BCUT2D eigenvalue weighted by Crippen LogP contribution is 2.31. The van der Waals surface area contributed by atoms with Crippen LogP contribution in [0, 0.1) is 0 Å². The van der Waals surface area contributed by atoms with Gasteiger partial charge in [0.1, 0.15) is 5.82 Å². The van der Waals surface area contributed by atoms with E-state index in [4.69, 9.17) is 0 Å². The van der Waals surface area contributed by atoms with Gasteiger partial charge in [-0.1, -0.05) is 51.1 Å². The van der Waals surface area contributed by atoms with Crippen molar-refractivity contribution in [1.29, 1.82) is 0 Å². The summed E-state index contributed by atoms with van der Waals surface area (Å²) >= 11 is 0. The van der Waals surface area contributed by atoms with Crippen LogP contribution in [0.2, 0.25) is 0 Å². The number of hydrogen-bond acceptors (Lipinski definition) is 4. The Morgan fingerprint density at radius 3 is 2.57 bits per heavy atom. The van der Waals surface area contributed by atoms with Gasteiger partial charge in [0.25, 0.3) is 0 Å². The molecule has 0 saturated carbocycles. The largest absolute Gasteiger partial charge is 0.311 e. The molecule has 1 aliphatic rings. The fourth-order valence-corrected chi connectivity index (χ4v) is 5.10. The number of sulfone groups is 1. The van der Waals surface area contributed by atoms with Crippen LogP contribution in [0.4, 0.5) is 5.82 Å². The Morgan fingerprint density at radius 2 is 1.96 bits per heavy atom. The molecule has 0 radical (unpaired) electrons. The van der Waals surface area contributed by atoms with Gasteiger partial charge in [0.15, 0.2) is 9.84 Å². The first-order chi connectivity index (χ1) is 13.1. The molecule has 1 unspecified atom stereocenters. The lowest BCUT2D eigenvalue weighted by Crippen LogP contribution is -2.20. The molecule has 1 N–H and O–H groups in total. The van der Waals surface area contributed by atoms with Crippen LogP contribution in [-0.4, -0.2) is 35.6 Å². The number of aromatic nitrogens is 2. The summed E-state index contributed by atoms with van der Waals surface area (Å²) in [5.41, 5.74) is 1.87. The molecule has 1 atom stereocenters. The van der Waals surface area contributed by atoms with E-state index in [-0.39, 0.29) is 28.9 Å². The van der Waals surface area contributed by atoms with Gasteiger partial charge in [-0.2, -0.15) is 5.10 Å². The molecule has 1 aromatic carbocycles. The SMILES string of the molecule is CC(C)(C)c1cc(NC(=O)CCCc2ccccc2)n(C2CCS(=O)(=O)C2)n1. The number of aryl methyl sites for hydroxylation is 1. The maximum Gasteiger partial charge on any atom is 0.225 e. The Hall–Kier alpha value is -2.15. The average Bonchev–Trinajstić information content (AvgIpc) is 3.18. The van der Waals surface area contributed by atoms with E-state index in [9.17, 15) is 13.2 Å². The maximum absolute atomic E-state index is 12.5. The van der Waals surface area contributed by atoms with Gasteiger partial charge >= 0.3 is 0 Å². The summed E-state index contributed by atoms with van der Waals surface area (Å²) in [5.74, 6) is 0.775. The van der Waals surface area contributed by atoms with Gasteiger partial charge in [-0.05, 0) is 24.8 Å². The first-order valence-electron chi connectivity index (χ1n) is 9.78. The van der Waals surface area contributed by atoms with Crippen molar-refractivity contribution in [2.75, 3.05) is 16.8 Å². The second kappa shape index (κ2) is 8.07.